The van der Waals surface area contributed by atoms with E-state index in [1.54, 1.807) is 39.0 Å². The number of amides is 2. The molecule has 0 aliphatic carbocycles. The summed E-state index contributed by atoms with van der Waals surface area (Å²) in [5.41, 5.74) is 3.18. The summed E-state index contributed by atoms with van der Waals surface area (Å²) >= 11 is 12.1. The molecule has 2 amide bonds. The molecule has 2 aromatic carbocycles. The smallest absolute Gasteiger partial charge is 0.272 e. The number of benzene rings is 2. The van der Waals surface area contributed by atoms with Crippen LogP contribution in [0.3, 0.4) is 0 Å². The van der Waals surface area contributed by atoms with Gasteiger partial charge in [0, 0.05) is 28.3 Å². The first-order valence-corrected chi connectivity index (χ1v) is 9.60. The lowest BCUT2D eigenvalue weighted by Gasteiger charge is -2.35. The van der Waals surface area contributed by atoms with E-state index in [2.05, 4.69) is 5.43 Å². The fourth-order valence-corrected chi connectivity index (χ4v) is 3.28. The van der Waals surface area contributed by atoms with Crippen LogP contribution in [0.25, 0.3) is 0 Å². The van der Waals surface area contributed by atoms with Gasteiger partial charge in [0.25, 0.3) is 11.8 Å². The first-order chi connectivity index (χ1) is 13.6. The topological polar surface area (TPSA) is 67.9 Å². The minimum absolute atomic E-state index is 0.181. The average Bonchev–Trinajstić information content (AvgIpc) is 2.64. The third-order valence-corrected chi connectivity index (χ3v) is 4.52. The van der Waals surface area contributed by atoms with Crippen LogP contribution in [0.15, 0.2) is 36.4 Å². The molecule has 8 heteroatoms. The van der Waals surface area contributed by atoms with Gasteiger partial charge in [0.15, 0.2) is 0 Å². The first-order valence-electron chi connectivity index (χ1n) is 8.85. The zero-order valence-corrected chi connectivity index (χ0v) is 18.5. The highest BCUT2D eigenvalue weighted by atomic mass is 35.5. The number of carbonyl (C=O) groups is 2. The maximum atomic E-state index is 13.1. The highest BCUT2D eigenvalue weighted by Crippen LogP contribution is 2.25. The van der Waals surface area contributed by atoms with Crippen molar-refractivity contribution >= 4 is 35.0 Å². The Morgan fingerprint density at radius 1 is 1.07 bits per heavy atom. The second kappa shape index (κ2) is 9.48. The predicted molar refractivity (Wildman–Crippen MR) is 114 cm³/mol. The molecule has 156 valence electrons. The molecule has 6 nitrogen and oxygen atoms in total. The Morgan fingerprint density at radius 3 is 2.21 bits per heavy atom. The Hall–Kier alpha value is -2.28. The minimum Gasteiger partial charge on any atom is -0.496 e. The standard InChI is InChI=1S/C21H24Cl2N2O4/c1-21(2,3)25(20(27)13-9-14(22)11-15(23)10-13)24-19(26)16-7-6-8-18(29-5)17(16)12-28-4/h6-11H,12H2,1-5H3,(H,24,26). The lowest BCUT2D eigenvalue weighted by Crippen LogP contribution is -2.56. The van der Waals surface area contributed by atoms with Crippen LogP contribution in [0.2, 0.25) is 10.0 Å². The Morgan fingerprint density at radius 2 is 1.69 bits per heavy atom. The van der Waals surface area contributed by atoms with E-state index in [0.29, 0.717) is 26.9 Å². The van der Waals surface area contributed by atoms with Crippen LogP contribution in [0.1, 0.15) is 47.1 Å². The second-order valence-corrected chi connectivity index (χ2v) is 8.20. The van der Waals surface area contributed by atoms with Crippen molar-refractivity contribution in [2.45, 2.75) is 32.9 Å². The second-order valence-electron chi connectivity index (χ2n) is 7.33. The van der Waals surface area contributed by atoms with E-state index < -0.39 is 17.4 Å². The van der Waals surface area contributed by atoms with Gasteiger partial charge in [0.2, 0.25) is 0 Å². The maximum absolute atomic E-state index is 13.1. The van der Waals surface area contributed by atoms with Gasteiger partial charge >= 0.3 is 0 Å². The zero-order chi connectivity index (χ0) is 21.8. The zero-order valence-electron chi connectivity index (χ0n) is 17.0. The highest BCUT2D eigenvalue weighted by molar-refractivity contribution is 6.35. The third kappa shape index (κ3) is 5.63. The molecular formula is C21H24Cl2N2O4. The lowest BCUT2D eigenvalue weighted by atomic mass is 10.0. The van der Waals surface area contributed by atoms with E-state index in [9.17, 15) is 9.59 Å². The van der Waals surface area contributed by atoms with Crippen molar-refractivity contribution in [2.24, 2.45) is 0 Å². The first kappa shape index (κ1) is 23.0. The monoisotopic (exact) mass is 438 g/mol. The Bertz CT molecular complexity index is 890. The van der Waals surface area contributed by atoms with Gasteiger partial charge in [0.1, 0.15) is 5.75 Å². The van der Waals surface area contributed by atoms with Gasteiger partial charge < -0.3 is 9.47 Å². The van der Waals surface area contributed by atoms with Gasteiger partial charge in [-0.25, -0.2) is 5.01 Å². The Balaban J connectivity index is 2.41. The van der Waals surface area contributed by atoms with E-state index in [1.807, 2.05) is 0 Å². The summed E-state index contributed by atoms with van der Waals surface area (Å²) < 4.78 is 10.5. The fourth-order valence-electron chi connectivity index (χ4n) is 2.75. The molecule has 29 heavy (non-hydrogen) atoms. The van der Waals surface area contributed by atoms with Crippen molar-refractivity contribution in [1.82, 2.24) is 10.4 Å². The van der Waals surface area contributed by atoms with Gasteiger partial charge in [-0.05, 0) is 51.1 Å². The summed E-state index contributed by atoms with van der Waals surface area (Å²) in [7, 11) is 3.05. The van der Waals surface area contributed by atoms with Gasteiger partial charge in [-0.1, -0.05) is 29.3 Å². The highest BCUT2D eigenvalue weighted by Gasteiger charge is 2.30. The van der Waals surface area contributed by atoms with Gasteiger partial charge in [-0.2, -0.15) is 0 Å². The molecule has 0 saturated heterocycles. The van der Waals surface area contributed by atoms with E-state index >= 15 is 0 Å². The van der Waals surface area contributed by atoms with Crippen molar-refractivity contribution < 1.29 is 19.1 Å². The molecule has 0 aliphatic heterocycles. The number of carbonyl (C=O) groups excluding carboxylic acids is 2. The van der Waals surface area contributed by atoms with Gasteiger partial charge in [-0.15, -0.1) is 0 Å². The Kier molecular flexibility index (Phi) is 7.52. The fraction of sp³-hybridized carbons (Fsp3) is 0.333. The predicted octanol–water partition coefficient (Wildman–Crippen LogP) is 4.73. The van der Waals surface area contributed by atoms with Crippen molar-refractivity contribution in [1.29, 1.82) is 0 Å². The van der Waals surface area contributed by atoms with Crippen LogP contribution in [0.4, 0.5) is 0 Å². The van der Waals surface area contributed by atoms with Crippen LogP contribution in [-0.2, 0) is 11.3 Å². The molecule has 0 radical (unpaired) electrons. The molecule has 0 aromatic heterocycles. The molecule has 1 N–H and O–H groups in total. The summed E-state index contributed by atoms with van der Waals surface area (Å²) in [5, 5.41) is 1.92. The molecule has 0 heterocycles. The lowest BCUT2D eigenvalue weighted by molar-refractivity contribution is 0.0357. The quantitative estimate of drug-likeness (QED) is 0.684. The third-order valence-electron chi connectivity index (χ3n) is 4.08. The average molecular weight is 439 g/mol. The largest absolute Gasteiger partial charge is 0.496 e. The number of nitrogens with zero attached hydrogens (tertiary/aromatic N) is 1. The van der Waals surface area contributed by atoms with Crippen molar-refractivity contribution in [3.05, 3.63) is 63.1 Å². The van der Waals surface area contributed by atoms with E-state index in [0.717, 1.165) is 0 Å². The summed E-state index contributed by atoms with van der Waals surface area (Å²) in [5.74, 6) is -0.381. The van der Waals surface area contributed by atoms with Crippen molar-refractivity contribution in [3.63, 3.8) is 0 Å². The number of halogens is 2. The summed E-state index contributed by atoms with van der Waals surface area (Å²) in [6.45, 7) is 5.59. The molecule has 2 rings (SSSR count). The molecule has 0 aliphatic rings. The maximum Gasteiger partial charge on any atom is 0.272 e. The number of methoxy groups -OCH3 is 2. The molecular weight excluding hydrogens is 415 g/mol. The number of ether oxygens (including phenoxy) is 2. The molecule has 2 aromatic rings. The Labute approximate surface area is 180 Å². The molecule has 0 fully saturated rings. The van der Waals surface area contributed by atoms with Crippen LogP contribution in [0, 0.1) is 0 Å². The number of hydrazine groups is 1. The number of hydrogen-bond donors (Lipinski definition) is 1. The molecule has 0 spiro atoms. The number of hydrogen-bond acceptors (Lipinski definition) is 4. The minimum atomic E-state index is -0.720. The van der Waals surface area contributed by atoms with Crippen molar-refractivity contribution in [3.8, 4) is 5.75 Å². The van der Waals surface area contributed by atoms with E-state index in [4.69, 9.17) is 32.7 Å². The van der Waals surface area contributed by atoms with E-state index in [-0.39, 0.29) is 12.2 Å². The van der Waals surface area contributed by atoms with Crippen LogP contribution >= 0.6 is 23.2 Å². The molecule has 0 atom stereocenters. The summed E-state index contributed by atoms with van der Waals surface area (Å²) in [6.07, 6.45) is 0. The SMILES string of the molecule is COCc1c(OC)cccc1C(=O)NN(C(=O)c1cc(Cl)cc(Cl)c1)C(C)(C)C. The van der Waals surface area contributed by atoms with Crippen LogP contribution in [0.5, 0.6) is 5.75 Å². The van der Waals surface area contributed by atoms with Gasteiger partial charge in [-0.3, -0.25) is 15.0 Å². The molecule has 0 unspecified atom stereocenters. The van der Waals surface area contributed by atoms with Crippen LogP contribution < -0.4 is 10.2 Å². The number of rotatable bonds is 5. The number of nitrogens with one attached hydrogen (secondary N) is 1. The summed E-state index contributed by atoms with van der Waals surface area (Å²) in [4.78, 5) is 26.2. The summed E-state index contributed by atoms with van der Waals surface area (Å²) in [6, 6.07) is 9.63. The van der Waals surface area contributed by atoms with Gasteiger partial charge in [0.05, 0.1) is 24.8 Å². The molecule has 0 saturated carbocycles. The normalized spacial score (nSPS) is 11.1. The van der Waals surface area contributed by atoms with E-state index in [1.165, 1.54) is 37.4 Å². The van der Waals surface area contributed by atoms with Crippen molar-refractivity contribution in [2.75, 3.05) is 14.2 Å². The molecule has 0 bridgehead atoms. The van der Waals surface area contributed by atoms with Crippen LogP contribution in [-0.4, -0.2) is 36.6 Å².